The number of carboxylic acids is 1. The minimum absolute atomic E-state index is 0.00504. The van der Waals surface area contributed by atoms with Crippen molar-refractivity contribution in [3.63, 3.8) is 0 Å². The molecule has 0 aliphatic rings. The Morgan fingerprint density at radius 3 is 2.38 bits per heavy atom. The number of nitrogens with one attached hydrogen (secondary N) is 4. The van der Waals surface area contributed by atoms with Crippen LogP contribution in [0.2, 0.25) is 0 Å². The summed E-state index contributed by atoms with van der Waals surface area (Å²) in [6, 6.07) is 10.5. The van der Waals surface area contributed by atoms with E-state index in [1.165, 1.54) is 23.9 Å². The van der Waals surface area contributed by atoms with Crippen LogP contribution in [0.3, 0.4) is 0 Å². The maximum absolute atomic E-state index is 12.9. The topological polar surface area (TPSA) is 187 Å². The van der Waals surface area contributed by atoms with Gasteiger partial charge in [-0.2, -0.15) is 11.8 Å². The molecule has 2 aromatic carbocycles. The zero-order chi connectivity index (χ0) is 28.4. The van der Waals surface area contributed by atoms with Crippen LogP contribution in [0, 0.1) is 0 Å². The molecule has 1 heterocycles. The lowest BCUT2D eigenvalue weighted by atomic mass is 10.0. The monoisotopic (exact) mass is 555 g/mol. The number of carbonyl (C=O) groups excluding carboxylic acids is 3. The van der Waals surface area contributed by atoms with Gasteiger partial charge >= 0.3 is 5.97 Å². The molecule has 0 bridgehead atoms. The molecular weight excluding hydrogens is 522 g/mol. The number of thioether (sulfide) groups is 1. The first-order valence-electron chi connectivity index (χ1n) is 12.4. The summed E-state index contributed by atoms with van der Waals surface area (Å²) in [5.41, 5.74) is 8.48. The Hall–Kier alpha value is -4.03. The fourth-order valence-corrected chi connectivity index (χ4v) is 4.49. The molecular formula is C27H33N5O6S. The van der Waals surface area contributed by atoms with Crippen LogP contribution in [0.4, 0.5) is 0 Å². The molecule has 3 aromatic rings. The molecule has 12 heteroatoms. The molecule has 0 aliphatic carbocycles. The van der Waals surface area contributed by atoms with Gasteiger partial charge in [0.2, 0.25) is 17.7 Å². The molecule has 1 aromatic heterocycles. The Morgan fingerprint density at radius 2 is 1.69 bits per heavy atom. The van der Waals surface area contributed by atoms with Crippen molar-refractivity contribution in [2.45, 2.75) is 37.4 Å². The average Bonchev–Trinajstić information content (AvgIpc) is 3.32. The number of fused-ring (bicyclic) bond motifs is 1. The van der Waals surface area contributed by atoms with Crippen LogP contribution in [0.1, 0.15) is 17.5 Å². The number of aromatic nitrogens is 1. The highest BCUT2D eigenvalue weighted by Crippen LogP contribution is 2.18. The van der Waals surface area contributed by atoms with Crippen LogP contribution in [-0.4, -0.2) is 75.6 Å². The standard InChI is InChI=1S/C27H33N5O6S/c1-39-11-10-22(26(36)32-23(27(37)38)12-16-6-8-18(33)9-7-16)31-24(34)15-30-25(35)20(28)13-17-14-29-21-5-3-2-4-19(17)21/h2-9,14,20,22-23,29,33H,10-13,15,28H2,1H3,(H,30,35)(H,31,34)(H,32,36)(H,37,38). The molecule has 3 atom stereocenters. The number of carbonyl (C=O) groups is 4. The summed E-state index contributed by atoms with van der Waals surface area (Å²) in [6.07, 6.45) is 4.17. The second-order valence-electron chi connectivity index (χ2n) is 9.06. The number of aromatic hydroxyl groups is 1. The van der Waals surface area contributed by atoms with E-state index in [1.807, 2.05) is 30.5 Å². The van der Waals surface area contributed by atoms with E-state index >= 15 is 0 Å². The van der Waals surface area contributed by atoms with E-state index < -0.39 is 41.8 Å². The maximum Gasteiger partial charge on any atom is 0.326 e. The third-order valence-electron chi connectivity index (χ3n) is 6.13. The van der Waals surface area contributed by atoms with Gasteiger partial charge in [-0.05, 0) is 54.2 Å². The van der Waals surface area contributed by atoms with Crippen LogP contribution in [-0.2, 0) is 32.0 Å². The molecule has 0 radical (unpaired) electrons. The molecule has 3 unspecified atom stereocenters. The summed E-state index contributed by atoms with van der Waals surface area (Å²) in [6.45, 7) is -0.390. The Labute approximate surface area is 229 Å². The Bertz CT molecular complexity index is 1300. The molecule has 39 heavy (non-hydrogen) atoms. The zero-order valence-electron chi connectivity index (χ0n) is 21.5. The van der Waals surface area contributed by atoms with Crippen molar-refractivity contribution in [2.24, 2.45) is 5.73 Å². The van der Waals surface area contributed by atoms with E-state index in [-0.39, 0.29) is 31.6 Å². The van der Waals surface area contributed by atoms with Gasteiger partial charge in [-0.15, -0.1) is 0 Å². The van der Waals surface area contributed by atoms with E-state index in [0.717, 1.165) is 16.5 Å². The maximum atomic E-state index is 12.9. The van der Waals surface area contributed by atoms with Crippen molar-refractivity contribution in [1.82, 2.24) is 20.9 Å². The Morgan fingerprint density at radius 1 is 0.974 bits per heavy atom. The van der Waals surface area contributed by atoms with Crippen LogP contribution in [0.15, 0.2) is 54.7 Å². The summed E-state index contributed by atoms with van der Waals surface area (Å²) >= 11 is 1.47. The number of nitrogens with two attached hydrogens (primary N) is 1. The highest BCUT2D eigenvalue weighted by atomic mass is 32.2. The first-order valence-corrected chi connectivity index (χ1v) is 13.7. The summed E-state index contributed by atoms with van der Waals surface area (Å²) < 4.78 is 0. The van der Waals surface area contributed by atoms with Gasteiger partial charge in [0.15, 0.2) is 0 Å². The molecule has 0 spiro atoms. The predicted molar refractivity (Wildman–Crippen MR) is 149 cm³/mol. The smallest absolute Gasteiger partial charge is 0.326 e. The molecule has 3 rings (SSSR count). The van der Waals surface area contributed by atoms with Crippen molar-refractivity contribution >= 4 is 46.4 Å². The average molecular weight is 556 g/mol. The molecule has 11 nitrogen and oxygen atoms in total. The highest BCUT2D eigenvalue weighted by molar-refractivity contribution is 7.98. The van der Waals surface area contributed by atoms with Crippen molar-refractivity contribution in [2.75, 3.05) is 18.6 Å². The number of H-pyrrole nitrogens is 1. The largest absolute Gasteiger partial charge is 0.508 e. The van der Waals surface area contributed by atoms with E-state index in [0.29, 0.717) is 11.3 Å². The fourth-order valence-electron chi connectivity index (χ4n) is 4.02. The van der Waals surface area contributed by atoms with Gasteiger partial charge in [-0.1, -0.05) is 30.3 Å². The van der Waals surface area contributed by atoms with Gasteiger partial charge in [0.25, 0.3) is 0 Å². The number of hydrogen-bond donors (Lipinski definition) is 7. The lowest BCUT2D eigenvalue weighted by Crippen LogP contribution is -2.54. The van der Waals surface area contributed by atoms with Gasteiger partial charge < -0.3 is 36.9 Å². The lowest BCUT2D eigenvalue weighted by Gasteiger charge is -2.22. The molecule has 0 saturated heterocycles. The molecule has 8 N–H and O–H groups in total. The minimum atomic E-state index is -1.24. The minimum Gasteiger partial charge on any atom is -0.508 e. The van der Waals surface area contributed by atoms with Gasteiger partial charge in [-0.25, -0.2) is 4.79 Å². The number of hydrogen-bond acceptors (Lipinski definition) is 7. The summed E-state index contributed by atoms with van der Waals surface area (Å²) in [5.74, 6) is -2.42. The van der Waals surface area contributed by atoms with Crippen LogP contribution >= 0.6 is 11.8 Å². The van der Waals surface area contributed by atoms with Crippen LogP contribution in [0.5, 0.6) is 5.75 Å². The third kappa shape index (κ3) is 8.76. The fraction of sp³-hybridized carbons (Fsp3) is 0.333. The van der Waals surface area contributed by atoms with Gasteiger partial charge in [0.1, 0.15) is 17.8 Å². The van der Waals surface area contributed by atoms with Gasteiger partial charge in [0.05, 0.1) is 12.6 Å². The van der Waals surface area contributed by atoms with E-state index in [2.05, 4.69) is 20.9 Å². The van der Waals surface area contributed by atoms with E-state index in [1.54, 1.807) is 18.3 Å². The number of amides is 3. The van der Waals surface area contributed by atoms with E-state index in [4.69, 9.17) is 5.73 Å². The van der Waals surface area contributed by atoms with Gasteiger partial charge in [-0.3, -0.25) is 14.4 Å². The third-order valence-corrected chi connectivity index (χ3v) is 6.77. The number of rotatable bonds is 14. The van der Waals surface area contributed by atoms with Gasteiger partial charge in [0, 0.05) is 23.5 Å². The second-order valence-corrected chi connectivity index (χ2v) is 10.0. The number of benzene rings is 2. The van der Waals surface area contributed by atoms with E-state index in [9.17, 15) is 29.4 Å². The van der Waals surface area contributed by atoms with Crippen molar-refractivity contribution in [3.05, 3.63) is 65.9 Å². The SMILES string of the molecule is CSCCC(NC(=O)CNC(=O)C(N)Cc1c[nH]c2ccccc12)C(=O)NC(Cc1ccc(O)cc1)C(=O)O. The first-order chi connectivity index (χ1) is 18.7. The number of phenols is 1. The quantitative estimate of drug-likeness (QED) is 0.153. The van der Waals surface area contributed by atoms with Crippen LogP contribution < -0.4 is 21.7 Å². The molecule has 0 saturated carbocycles. The summed E-state index contributed by atoms with van der Waals surface area (Å²) in [4.78, 5) is 52.9. The van der Waals surface area contributed by atoms with Crippen molar-refractivity contribution in [3.8, 4) is 5.75 Å². The molecule has 0 fully saturated rings. The van der Waals surface area contributed by atoms with Crippen molar-refractivity contribution in [1.29, 1.82) is 0 Å². The predicted octanol–water partition coefficient (Wildman–Crippen LogP) is 0.910. The lowest BCUT2D eigenvalue weighted by molar-refractivity contribution is -0.142. The molecule has 208 valence electrons. The number of aliphatic carboxylic acids is 1. The zero-order valence-corrected chi connectivity index (χ0v) is 22.3. The number of para-hydroxylation sites is 1. The first kappa shape index (κ1) is 29.5. The van der Waals surface area contributed by atoms with Crippen LogP contribution in [0.25, 0.3) is 10.9 Å². The number of phenolic OH excluding ortho intramolecular Hbond substituents is 1. The second kappa shape index (κ2) is 14.2. The molecule has 3 amide bonds. The normalized spacial score (nSPS) is 13.3. The molecule has 0 aliphatic heterocycles. The Balaban J connectivity index is 1.54. The Kier molecular flexibility index (Phi) is 10.8. The van der Waals surface area contributed by atoms with Crippen molar-refractivity contribution < 1.29 is 29.4 Å². The number of carboxylic acid groups (broad SMARTS) is 1. The summed E-state index contributed by atoms with van der Waals surface area (Å²) in [7, 11) is 0. The summed E-state index contributed by atoms with van der Waals surface area (Å²) in [5, 5.41) is 27.6. The highest BCUT2D eigenvalue weighted by Gasteiger charge is 2.27. The number of aromatic amines is 1.